The lowest BCUT2D eigenvalue weighted by Gasteiger charge is -2.42. The van der Waals surface area contributed by atoms with Crippen molar-refractivity contribution >= 4 is 17.3 Å². The smallest absolute Gasteiger partial charge is 0.202 e. The van der Waals surface area contributed by atoms with Crippen LogP contribution in [0.3, 0.4) is 0 Å². The number of nitrogens with two attached hydrogens (primary N) is 1. The Morgan fingerprint density at radius 2 is 1.79 bits per heavy atom. The summed E-state index contributed by atoms with van der Waals surface area (Å²) in [6, 6.07) is 3.75. The van der Waals surface area contributed by atoms with Crippen LogP contribution in [0, 0.1) is 0 Å². The molecule has 4 unspecified atom stereocenters. The maximum absolute atomic E-state index is 13.6. The van der Waals surface area contributed by atoms with Gasteiger partial charge in [-0.3, -0.25) is 14.4 Å². The Kier molecular flexibility index (Phi) is 7.54. The molecule has 0 spiro atoms. The van der Waals surface area contributed by atoms with Crippen molar-refractivity contribution in [3.63, 3.8) is 0 Å². The second-order valence-corrected chi connectivity index (χ2v) is 10.1. The summed E-state index contributed by atoms with van der Waals surface area (Å²) in [4.78, 5) is 39.6. The third-order valence-corrected chi connectivity index (χ3v) is 7.80. The number of hydrogen-bond donors (Lipinski definition) is 5. The summed E-state index contributed by atoms with van der Waals surface area (Å²) in [5.41, 5.74) is 2.97. The van der Waals surface area contributed by atoms with Crippen molar-refractivity contribution < 1.29 is 61.4 Å². The minimum Gasteiger partial charge on any atom is -1.00 e. The number of Topliss-reactive ketones (excluding diaryl/α,β-unsaturated/α-hetero) is 1. The number of carbonyl (C=O) groups is 3. The number of carbonyl (C=O) groups excluding carboxylic acids is 3. The van der Waals surface area contributed by atoms with Gasteiger partial charge in [0.15, 0.2) is 17.9 Å². The lowest BCUT2D eigenvalue weighted by Crippen LogP contribution is -3.00. The fourth-order valence-electron chi connectivity index (χ4n) is 5.66. The van der Waals surface area contributed by atoms with Crippen molar-refractivity contribution in [1.82, 2.24) is 0 Å². The van der Waals surface area contributed by atoms with Crippen molar-refractivity contribution in [2.45, 2.75) is 69.4 Å². The van der Waals surface area contributed by atoms with Gasteiger partial charge in [-0.15, -0.1) is 0 Å². The molecule has 39 heavy (non-hydrogen) atoms. The first-order valence-corrected chi connectivity index (χ1v) is 12.2. The molecular weight excluding hydrogens is 534 g/mol. The monoisotopic (exact) mass is 562 g/mol. The summed E-state index contributed by atoms with van der Waals surface area (Å²) in [7, 11) is 1.34. The number of aromatic hydroxyl groups is 2. The number of phenols is 2. The zero-order chi connectivity index (χ0) is 27.7. The number of phenolic OH excluding ortho intramolecular Hbond substituents is 2. The standard InChI is InChI=1S/C27H29NO10.ClH/c1-10-22(30)14(28)7-17(37-10)38-16-9-27(35,11(2)29)8-13-19(16)26(34)21-20(24(13)32)23(31)12-5-4-6-15(36-3)18(12)25(21)33;/h4-6,10,14,16-17,22,30,32,34-35H,7-9,28H2,1-3H3;1H/p-1/t10?,14?,16-,17?,22?,27-;/m0./s1. The highest BCUT2D eigenvalue weighted by Gasteiger charge is 2.49. The topological polar surface area (TPSA) is 186 Å². The van der Waals surface area contributed by atoms with Gasteiger partial charge in [0, 0.05) is 42.0 Å². The quantitative estimate of drug-likeness (QED) is 0.222. The molecule has 0 amide bonds. The van der Waals surface area contributed by atoms with E-state index in [0.29, 0.717) is 0 Å². The molecule has 0 bridgehead atoms. The zero-order valence-corrected chi connectivity index (χ0v) is 22.2. The highest BCUT2D eigenvalue weighted by atomic mass is 35.5. The first-order valence-electron chi connectivity index (χ1n) is 12.2. The van der Waals surface area contributed by atoms with Crippen LogP contribution < -0.4 is 22.9 Å². The summed E-state index contributed by atoms with van der Waals surface area (Å²) in [5.74, 6) is -3.18. The maximum atomic E-state index is 13.6. The van der Waals surface area contributed by atoms with E-state index in [1.807, 2.05) is 0 Å². The lowest BCUT2D eigenvalue weighted by molar-refractivity contribution is -0.247. The molecule has 1 saturated heterocycles. The Morgan fingerprint density at radius 3 is 2.41 bits per heavy atom. The molecule has 0 aromatic heterocycles. The molecule has 2 aromatic rings. The van der Waals surface area contributed by atoms with E-state index in [9.17, 15) is 34.8 Å². The van der Waals surface area contributed by atoms with Crippen molar-refractivity contribution in [1.29, 1.82) is 0 Å². The number of fused-ring (bicyclic) bond motifs is 3. The summed E-state index contributed by atoms with van der Waals surface area (Å²) >= 11 is 0. The number of benzene rings is 2. The van der Waals surface area contributed by atoms with E-state index in [-0.39, 0.29) is 53.3 Å². The van der Waals surface area contributed by atoms with Crippen molar-refractivity contribution in [3.8, 4) is 17.2 Å². The van der Waals surface area contributed by atoms with Crippen LogP contribution in [-0.4, -0.2) is 75.0 Å². The number of aliphatic hydroxyl groups is 2. The van der Waals surface area contributed by atoms with Crippen LogP contribution in [0.4, 0.5) is 0 Å². The van der Waals surface area contributed by atoms with E-state index in [1.54, 1.807) is 6.92 Å². The molecule has 6 atom stereocenters. The fraction of sp³-hybridized carbons (Fsp3) is 0.444. The molecule has 1 aliphatic heterocycles. The van der Waals surface area contributed by atoms with E-state index < -0.39 is 82.6 Å². The number of hydrogen-bond acceptors (Lipinski definition) is 11. The second kappa shape index (κ2) is 10.2. The number of rotatable bonds is 4. The average Bonchev–Trinajstić information content (AvgIpc) is 2.87. The first-order chi connectivity index (χ1) is 17.9. The number of ketones is 3. The van der Waals surface area contributed by atoms with Gasteiger partial charge in [-0.1, -0.05) is 12.1 Å². The van der Waals surface area contributed by atoms with Gasteiger partial charge < -0.3 is 52.8 Å². The Bertz CT molecular complexity index is 1370. The number of methoxy groups -OCH3 is 1. The van der Waals surface area contributed by atoms with Crippen molar-refractivity contribution in [2.24, 2.45) is 5.73 Å². The number of halogens is 1. The maximum Gasteiger partial charge on any atom is 0.202 e. The summed E-state index contributed by atoms with van der Waals surface area (Å²) < 4.78 is 17.1. The first kappa shape index (κ1) is 28.9. The number of ether oxygens (including phenoxy) is 3. The molecule has 210 valence electrons. The second-order valence-electron chi connectivity index (χ2n) is 10.1. The van der Waals surface area contributed by atoms with Gasteiger partial charge in [0.05, 0.1) is 42.1 Å². The molecule has 3 aliphatic rings. The third-order valence-electron chi connectivity index (χ3n) is 7.80. The molecule has 12 heteroatoms. The van der Waals surface area contributed by atoms with Crippen molar-refractivity contribution in [3.05, 3.63) is 51.6 Å². The Hall–Kier alpha value is -3.06. The normalized spacial score (nSPS) is 29.5. The molecule has 6 N–H and O–H groups in total. The third kappa shape index (κ3) is 4.39. The van der Waals surface area contributed by atoms with Crippen LogP contribution in [0.1, 0.15) is 75.8 Å². The Labute approximate surface area is 229 Å². The van der Waals surface area contributed by atoms with E-state index >= 15 is 0 Å². The molecule has 0 saturated carbocycles. The predicted molar refractivity (Wildman–Crippen MR) is 130 cm³/mol. The number of aliphatic hydroxyl groups excluding tert-OH is 1. The summed E-state index contributed by atoms with van der Waals surface area (Å²) in [6.07, 6.45) is -4.53. The van der Waals surface area contributed by atoms with Crippen molar-refractivity contribution in [2.75, 3.05) is 7.11 Å². The molecule has 2 aromatic carbocycles. The SMILES string of the molecule is COc1cccc2c1C(=O)c1c(O)c3c(c(O)c1C2=O)C[C@@](O)(C(C)=O)C[C@@H]3OC1CC(N)C(O)C(C)O1.[Cl-]. The molecule has 2 aliphatic carbocycles. The molecule has 0 radical (unpaired) electrons. The van der Waals surface area contributed by atoms with Gasteiger partial charge in [-0.2, -0.15) is 0 Å². The lowest BCUT2D eigenvalue weighted by atomic mass is 9.72. The van der Waals surface area contributed by atoms with Crippen LogP contribution in [0.25, 0.3) is 0 Å². The predicted octanol–water partition coefficient (Wildman–Crippen LogP) is -1.97. The van der Waals surface area contributed by atoms with Gasteiger partial charge in [-0.05, 0) is 19.9 Å². The molecular formula is C27H29ClNO10-. The zero-order valence-electron chi connectivity index (χ0n) is 21.4. The average molecular weight is 563 g/mol. The van der Waals surface area contributed by atoms with Crippen LogP contribution in [0.15, 0.2) is 18.2 Å². The highest BCUT2D eigenvalue weighted by Crippen LogP contribution is 2.52. The Balaban J connectivity index is 0.00000353. The van der Waals surface area contributed by atoms with Gasteiger partial charge in [0.1, 0.15) is 22.8 Å². The largest absolute Gasteiger partial charge is 1.00 e. The van der Waals surface area contributed by atoms with Gasteiger partial charge in [0.25, 0.3) is 0 Å². The molecule has 5 rings (SSSR count). The van der Waals surface area contributed by atoms with Crippen LogP contribution in [0.2, 0.25) is 0 Å². The van der Waals surface area contributed by atoms with E-state index in [0.717, 1.165) is 0 Å². The highest BCUT2D eigenvalue weighted by molar-refractivity contribution is 6.31. The van der Waals surface area contributed by atoms with Crippen LogP contribution in [-0.2, 0) is 20.7 Å². The van der Waals surface area contributed by atoms with E-state index in [2.05, 4.69) is 0 Å². The minimum atomic E-state index is -2.00. The van der Waals surface area contributed by atoms with E-state index in [1.165, 1.54) is 32.2 Å². The molecule has 11 nitrogen and oxygen atoms in total. The Morgan fingerprint density at radius 1 is 1.13 bits per heavy atom. The van der Waals surface area contributed by atoms with Crippen LogP contribution >= 0.6 is 0 Å². The summed E-state index contributed by atoms with van der Waals surface area (Å²) in [6.45, 7) is 2.79. The van der Waals surface area contributed by atoms with Crippen LogP contribution in [0.5, 0.6) is 17.2 Å². The minimum absolute atomic E-state index is 0. The van der Waals surface area contributed by atoms with Gasteiger partial charge in [-0.25, -0.2) is 0 Å². The van der Waals surface area contributed by atoms with Gasteiger partial charge in [0.2, 0.25) is 5.78 Å². The van der Waals surface area contributed by atoms with Gasteiger partial charge >= 0.3 is 0 Å². The summed E-state index contributed by atoms with van der Waals surface area (Å²) in [5, 5.41) is 44.1. The molecule has 1 heterocycles. The molecule has 1 fully saturated rings. The fourth-order valence-corrected chi connectivity index (χ4v) is 5.66. The van der Waals surface area contributed by atoms with E-state index in [4.69, 9.17) is 19.9 Å².